The van der Waals surface area contributed by atoms with Crippen molar-refractivity contribution in [3.63, 3.8) is 0 Å². The average Bonchev–Trinajstić information content (AvgIpc) is 3.39. The first-order valence-corrected chi connectivity index (χ1v) is 10.1. The van der Waals surface area contributed by atoms with E-state index in [1.54, 1.807) is 34.5 Å². The minimum Gasteiger partial charge on any atom is -0.335 e. The molecule has 9 heteroatoms. The van der Waals surface area contributed by atoms with Crippen LogP contribution in [0.1, 0.15) is 14.5 Å². The first kappa shape index (κ1) is 18.6. The molecule has 1 aliphatic rings. The number of carbonyl (C=O) groups excluding carboxylic acids is 1. The lowest BCUT2D eigenvalue weighted by atomic mass is 10.3. The van der Waals surface area contributed by atoms with Gasteiger partial charge in [0.25, 0.3) is 11.5 Å². The lowest BCUT2D eigenvalue weighted by Gasteiger charge is -2.34. The number of aromatic nitrogens is 4. The molecule has 0 saturated carbocycles. The standard InChI is InChI=1S/C19H22N6O2S/c1-15-3-4-16(28-15)19(27)23-12-9-22(10-13-23)11-14-25-18(26)6-5-17(21-25)24-8-2-7-20-24/h2-8H,9-14H2,1H3. The van der Waals surface area contributed by atoms with Crippen LogP contribution in [0.4, 0.5) is 0 Å². The summed E-state index contributed by atoms with van der Waals surface area (Å²) in [7, 11) is 0. The number of piperazine rings is 1. The van der Waals surface area contributed by atoms with E-state index in [-0.39, 0.29) is 11.5 Å². The van der Waals surface area contributed by atoms with E-state index in [1.165, 1.54) is 10.7 Å². The summed E-state index contributed by atoms with van der Waals surface area (Å²) in [5, 5.41) is 8.55. The van der Waals surface area contributed by atoms with Crippen molar-refractivity contribution in [3.05, 3.63) is 62.8 Å². The summed E-state index contributed by atoms with van der Waals surface area (Å²) >= 11 is 1.54. The molecule has 0 radical (unpaired) electrons. The van der Waals surface area contributed by atoms with Crippen LogP contribution in [0, 0.1) is 6.92 Å². The Morgan fingerprint density at radius 2 is 1.93 bits per heavy atom. The van der Waals surface area contributed by atoms with Crippen LogP contribution in [0.2, 0.25) is 0 Å². The average molecular weight is 398 g/mol. The fourth-order valence-electron chi connectivity index (χ4n) is 3.24. The Balaban J connectivity index is 1.33. The molecule has 0 bridgehead atoms. The maximum atomic E-state index is 12.5. The summed E-state index contributed by atoms with van der Waals surface area (Å²) in [6.45, 7) is 6.22. The van der Waals surface area contributed by atoms with Crippen molar-refractivity contribution in [1.29, 1.82) is 0 Å². The number of aryl methyl sites for hydroxylation is 1. The maximum absolute atomic E-state index is 12.5. The Hall–Kier alpha value is -2.78. The van der Waals surface area contributed by atoms with Gasteiger partial charge in [0.15, 0.2) is 5.82 Å². The number of amides is 1. The largest absolute Gasteiger partial charge is 0.335 e. The molecule has 0 atom stereocenters. The van der Waals surface area contributed by atoms with Gasteiger partial charge in [-0.3, -0.25) is 14.5 Å². The van der Waals surface area contributed by atoms with E-state index in [9.17, 15) is 9.59 Å². The highest BCUT2D eigenvalue weighted by molar-refractivity contribution is 7.13. The highest BCUT2D eigenvalue weighted by atomic mass is 32.1. The van der Waals surface area contributed by atoms with Crippen LogP contribution in [0.5, 0.6) is 0 Å². The Morgan fingerprint density at radius 3 is 2.61 bits per heavy atom. The molecule has 0 aliphatic carbocycles. The zero-order valence-electron chi connectivity index (χ0n) is 15.7. The third-order valence-electron chi connectivity index (χ3n) is 4.83. The number of hydrogen-bond acceptors (Lipinski definition) is 6. The van der Waals surface area contributed by atoms with Crippen LogP contribution in [-0.2, 0) is 6.54 Å². The quantitative estimate of drug-likeness (QED) is 0.647. The Labute approximate surface area is 166 Å². The minimum absolute atomic E-state index is 0.113. The molecule has 0 spiro atoms. The van der Waals surface area contributed by atoms with Crippen LogP contribution in [0.25, 0.3) is 5.82 Å². The highest BCUT2D eigenvalue weighted by Crippen LogP contribution is 2.18. The Morgan fingerprint density at radius 1 is 1.11 bits per heavy atom. The smallest absolute Gasteiger partial charge is 0.266 e. The second kappa shape index (κ2) is 8.07. The highest BCUT2D eigenvalue weighted by Gasteiger charge is 2.23. The molecule has 4 rings (SSSR count). The van der Waals surface area contributed by atoms with E-state index in [2.05, 4.69) is 15.1 Å². The molecule has 0 aromatic carbocycles. The number of carbonyl (C=O) groups is 1. The van der Waals surface area contributed by atoms with Crippen LogP contribution >= 0.6 is 11.3 Å². The van der Waals surface area contributed by atoms with Gasteiger partial charge in [-0.05, 0) is 31.2 Å². The fraction of sp³-hybridized carbons (Fsp3) is 0.368. The van der Waals surface area contributed by atoms with Gasteiger partial charge in [0, 0.05) is 56.1 Å². The third-order valence-corrected chi connectivity index (χ3v) is 5.82. The lowest BCUT2D eigenvalue weighted by molar-refractivity contribution is 0.0636. The summed E-state index contributed by atoms with van der Waals surface area (Å²) in [6.07, 6.45) is 3.47. The summed E-state index contributed by atoms with van der Waals surface area (Å²) < 4.78 is 3.11. The van der Waals surface area contributed by atoms with E-state index in [4.69, 9.17) is 0 Å². The number of thiophene rings is 1. The predicted octanol–water partition coefficient (Wildman–Crippen LogP) is 1.26. The first-order chi connectivity index (χ1) is 13.6. The molecule has 146 valence electrons. The van der Waals surface area contributed by atoms with Crippen molar-refractivity contribution in [2.75, 3.05) is 32.7 Å². The summed E-state index contributed by atoms with van der Waals surface area (Å²) in [5.74, 6) is 0.730. The van der Waals surface area contributed by atoms with Crippen molar-refractivity contribution in [2.24, 2.45) is 0 Å². The van der Waals surface area contributed by atoms with Gasteiger partial charge in [-0.1, -0.05) is 0 Å². The van der Waals surface area contributed by atoms with Gasteiger partial charge in [0.1, 0.15) is 0 Å². The van der Waals surface area contributed by atoms with Gasteiger partial charge in [-0.25, -0.2) is 9.36 Å². The molecular formula is C19H22N6O2S. The predicted molar refractivity (Wildman–Crippen MR) is 107 cm³/mol. The number of hydrogen-bond donors (Lipinski definition) is 0. The van der Waals surface area contributed by atoms with Crippen molar-refractivity contribution in [1.82, 2.24) is 29.4 Å². The van der Waals surface area contributed by atoms with Crippen LogP contribution in [0.3, 0.4) is 0 Å². The van der Waals surface area contributed by atoms with E-state index in [0.29, 0.717) is 25.5 Å². The molecule has 8 nitrogen and oxygen atoms in total. The SMILES string of the molecule is Cc1ccc(C(=O)N2CCN(CCn3nc(-n4cccn4)ccc3=O)CC2)s1. The van der Waals surface area contributed by atoms with Gasteiger partial charge in [-0.15, -0.1) is 16.4 Å². The molecule has 3 aromatic heterocycles. The van der Waals surface area contributed by atoms with Gasteiger partial charge in [-0.2, -0.15) is 5.10 Å². The third kappa shape index (κ3) is 4.05. The number of rotatable bonds is 5. The molecule has 28 heavy (non-hydrogen) atoms. The Bertz CT molecular complexity index is 1000. The van der Waals surface area contributed by atoms with Crippen molar-refractivity contribution in [3.8, 4) is 5.82 Å². The summed E-state index contributed by atoms with van der Waals surface area (Å²) in [5.41, 5.74) is -0.127. The second-order valence-corrected chi connectivity index (χ2v) is 8.04. The van der Waals surface area contributed by atoms with Crippen molar-refractivity contribution in [2.45, 2.75) is 13.5 Å². The molecule has 0 N–H and O–H groups in total. The zero-order chi connectivity index (χ0) is 19.5. The van der Waals surface area contributed by atoms with Crippen molar-refractivity contribution >= 4 is 17.2 Å². The van der Waals surface area contributed by atoms with E-state index in [1.807, 2.05) is 30.0 Å². The molecule has 0 unspecified atom stereocenters. The molecule has 3 aromatic rings. The van der Waals surface area contributed by atoms with E-state index in [0.717, 1.165) is 29.4 Å². The summed E-state index contributed by atoms with van der Waals surface area (Å²) in [4.78, 5) is 30.8. The van der Waals surface area contributed by atoms with Gasteiger partial charge >= 0.3 is 0 Å². The van der Waals surface area contributed by atoms with E-state index < -0.39 is 0 Å². The lowest BCUT2D eigenvalue weighted by Crippen LogP contribution is -2.49. The molecule has 1 amide bonds. The molecule has 4 heterocycles. The maximum Gasteiger partial charge on any atom is 0.266 e. The van der Waals surface area contributed by atoms with E-state index >= 15 is 0 Å². The van der Waals surface area contributed by atoms with Crippen LogP contribution in [0.15, 0.2) is 47.5 Å². The summed E-state index contributed by atoms with van der Waals surface area (Å²) in [6, 6.07) is 8.89. The van der Waals surface area contributed by atoms with Crippen molar-refractivity contribution < 1.29 is 4.79 Å². The second-order valence-electron chi connectivity index (χ2n) is 6.75. The minimum atomic E-state index is -0.127. The normalized spacial score (nSPS) is 15.1. The number of nitrogens with zero attached hydrogens (tertiary/aromatic N) is 6. The van der Waals surface area contributed by atoms with Gasteiger partial charge in [0.05, 0.1) is 11.4 Å². The monoisotopic (exact) mass is 398 g/mol. The Kier molecular flexibility index (Phi) is 5.36. The molecule has 1 aliphatic heterocycles. The van der Waals surface area contributed by atoms with Crippen LogP contribution < -0.4 is 5.56 Å². The van der Waals surface area contributed by atoms with Crippen LogP contribution in [-0.4, -0.2) is 68.0 Å². The van der Waals surface area contributed by atoms with Gasteiger partial charge in [0.2, 0.25) is 0 Å². The molecule has 1 fully saturated rings. The fourth-order valence-corrected chi connectivity index (χ4v) is 4.08. The topological polar surface area (TPSA) is 76.3 Å². The molecule has 1 saturated heterocycles. The van der Waals surface area contributed by atoms with Gasteiger partial charge < -0.3 is 4.90 Å². The zero-order valence-corrected chi connectivity index (χ0v) is 16.5. The first-order valence-electron chi connectivity index (χ1n) is 9.26. The molecular weight excluding hydrogens is 376 g/mol.